The van der Waals surface area contributed by atoms with E-state index in [9.17, 15) is 4.79 Å². The molecule has 112 valence electrons. The second kappa shape index (κ2) is 7.65. The average Bonchev–Trinajstić information content (AvgIpc) is 2.42. The van der Waals surface area contributed by atoms with Gasteiger partial charge in [-0.1, -0.05) is 49.1 Å². The molecule has 4 heteroatoms. The Morgan fingerprint density at radius 3 is 2.40 bits per heavy atom. The molecule has 0 aromatic heterocycles. The Bertz CT molecular complexity index is 425. The number of amides is 1. The molecule has 0 radical (unpaired) electrons. The van der Waals surface area contributed by atoms with Gasteiger partial charge in [0.25, 0.3) is 0 Å². The lowest BCUT2D eigenvalue weighted by molar-refractivity contribution is -0.127. The Hall–Kier alpha value is -1.06. The number of carbonyl (C=O) groups excluding carboxylic acids is 1. The van der Waals surface area contributed by atoms with Crippen LogP contribution in [0.5, 0.6) is 0 Å². The fourth-order valence-corrected chi connectivity index (χ4v) is 2.66. The standard InChI is InChI=1S/C16H24N2O.ClH/c1-13-5-7-14(8-6-13)9-12-18-15(19)16(17)10-3-2-4-11-16;/h5-8H,2-4,9-12,17H2,1H3,(H,18,19);1H. The summed E-state index contributed by atoms with van der Waals surface area (Å²) in [7, 11) is 0. The van der Waals surface area contributed by atoms with Gasteiger partial charge in [-0.3, -0.25) is 4.79 Å². The summed E-state index contributed by atoms with van der Waals surface area (Å²) in [5.41, 5.74) is 8.08. The van der Waals surface area contributed by atoms with Gasteiger partial charge in [0.15, 0.2) is 0 Å². The maximum absolute atomic E-state index is 12.1. The van der Waals surface area contributed by atoms with Gasteiger partial charge in [-0.15, -0.1) is 12.4 Å². The van der Waals surface area contributed by atoms with Crippen LogP contribution in [-0.4, -0.2) is 18.0 Å². The molecule has 0 heterocycles. The Morgan fingerprint density at radius 1 is 1.20 bits per heavy atom. The molecule has 1 amide bonds. The van der Waals surface area contributed by atoms with Gasteiger partial charge >= 0.3 is 0 Å². The van der Waals surface area contributed by atoms with Gasteiger partial charge < -0.3 is 11.1 Å². The van der Waals surface area contributed by atoms with Gasteiger partial charge in [0, 0.05) is 6.54 Å². The lowest BCUT2D eigenvalue weighted by Crippen LogP contribution is -2.55. The zero-order chi connectivity index (χ0) is 13.7. The normalized spacial score (nSPS) is 17.1. The number of hydrogen-bond donors (Lipinski definition) is 2. The number of nitrogens with one attached hydrogen (secondary N) is 1. The minimum absolute atomic E-state index is 0. The SMILES string of the molecule is Cc1ccc(CCNC(=O)C2(N)CCCCC2)cc1.Cl. The first-order valence-corrected chi connectivity index (χ1v) is 7.23. The Balaban J connectivity index is 0.00000200. The Labute approximate surface area is 127 Å². The van der Waals surface area contributed by atoms with Crippen molar-refractivity contribution in [1.82, 2.24) is 5.32 Å². The van der Waals surface area contributed by atoms with Gasteiger partial charge in [-0.05, 0) is 31.7 Å². The number of rotatable bonds is 4. The first-order valence-electron chi connectivity index (χ1n) is 7.23. The van der Waals surface area contributed by atoms with Crippen molar-refractivity contribution >= 4 is 18.3 Å². The molecule has 0 atom stereocenters. The summed E-state index contributed by atoms with van der Waals surface area (Å²) in [6.07, 6.45) is 5.86. The molecule has 1 aliphatic carbocycles. The highest BCUT2D eigenvalue weighted by Gasteiger charge is 2.34. The highest BCUT2D eigenvalue weighted by Crippen LogP contribution is 2.25. The van der Waals surface area contributed by atoms with Crippen LogP contribution >= 0.6 is 12.4 Å². The van der Waals surface area contributed by atoms with E-state index in [-0.39, 0.29) is 18.3 Å². The minimum atomic E-state index is -0.620. The molecule has 1 saturated carbocycles. The predicted molar refractivity (Wildman–Crippen MR) is 85.1 cm³/mol. The molecule has 1 aliphatic rings. The van der Waals surface area contributed by atoms with Crippen LogP contribution in [0.1, 0.15) is 43.2 Å². The number of halogens is 1. The van der Waals surface area contributed by atoms with E-state index in [1.165, 1.54) is 17.5 Å². The summed E-state index contributed by atoms with van der Waals surface area (Å²) in [5.74, 6) is 0.0271. The van der Waals surface area contributed by atoms with E-state index >= 15 is 0 Å². The first-order chi connectivity index (χ1) is 9.10. The van der Waals surface area contributed by atoms with E-state index in [1.54, 1.807) is 0 Å². The van der Waals surface area contributed by atoms with Gasteiger partial charge in [0.1, 0.15) is 0 Å². The average molecular weight is 297 g/mol. The molecule has 3 N–H and O–H groups in total. The third-order valence-electron chi connectivity index (χ3n) is 4.02. The summed E-state index contributed by atoms with van der Waals surface area (Å²) in [6.45, 7) is 2.74. The lowest BCUT2D eigenvalue weighted by Gasteiger charge is -2.31. The molecule has 2 rings (SSSR count). The smallest absolute Gasteiger partial charge is 0.240 e. The Morgan fingerprint density at radius 2 is 1.80 bits per heavy atom. The second-order valence-corrected chi connectivity index (χ2v) is 5.71. The second-order valence-electron chi connectivity index (χ2n) is 5.71. The fraction of sp³-hybridized carbons (Fsp3) is 0.562. The maximum Gasteiger partial charge on any atom is 0.240 e. The number of aryl methyl sites for hydroxylation is 1. The Kier molecular flexibility index (Phi) is 6.50. The highest BCUT2D eigenvalue weighted by atomic mass is 35.5. The van der Waals surface area contributed by atoms with Gasteiger partial charge in [0.05, 0.1) is 5.54 Å². The number of hydrogen-bond acceptors (Lipinski definition) is 2. The van der Waals surface area contributed by atoms with Crippen LogP contribution in [0.3, 0.4) is 0 Å². The van der Waals surface area contributed by atoms with Crippen molar-refractivity contribution in [3.63, 3.8) is 0 Å². The monoisotopic (exact) mass is 296 g/mol. The van der Waals surface area contributed by atoms with Gasteiger partial charge in [-0.25, -0.2) is 0 Å². The molecule has 0 unspecified atom stereocenters. The molecule has 0 saturated heterocycles. The summed E-state index contributed by atoms with van der Waals surface area (Å²) in [6, 6.07) is 8.42. The lowest BCUT2D eigenvalue weighted by atomic mass is 9.82. The van der Waals surface area contributed by atoms with Crippen molar-refractivity contribution in [2.24, 2.45) is 5.73 Å². The van der Waals surface area contributed by atoms with E-state index < -0.39 is 5.54 Å². The van der Waals surface area contributed by atoms with Crippen LogP contribution in [0.2, 0.25) is 0 Å². The van der Waals surface area contributed by atoms with Crippen molar-refractivity contribution in [2.75, 3.05) is 6.54 Å². The van der Waals surface area contributed by atoms with Gasteiger partial charge in [-0.2, -0.15) is 0 Å². The highest BCUT2D eigenvalue weighted by molar-refractivity contribution is 5.86. The van der Waals surface area contributed by atoms with Crippen LogP contribution in [0.15, 0.2) is 24.3 Å². The number of nitrogens with two attached hydrogens (primary N) is 1. The molecule has 1 aromatic carbocycles. The van der Waals surface area contributed by atoms with E-state index in [0.717, 1.165) is 32.1 Å². The topological polar surface area (TPSA) is 55.1 Å². The van der Waals surface area contributed by atoms with Crippen LogP contribution in [0, 0.1) is 6.92 Å². The van der Waals surface area contributed by atoms with E-state index in [0.29, 0.717) is 6.54 Å². The zero-order valence-corrected chi connectivity index (χ0v) is 13.0. The predicted octanol–water partition coefficient (Wildman–Crippen LogP) is 2.74. The summed E-state index contributed by atoms with van der Waals surface area (Å²) >= 11 is 0. The quantitative estimate of drug-likeness (QED) is 0.897. The van der Waals surface area contributed by atoms with Crippen LogP contribution in [0.25, 0.3) is 0 Å². The van der Waals surface area contributed by atoms with Crippen molar-refractivity contribution in [2.45, 2.75) is 51.0 Å². The molecule has 0 aliphatic heterocycles. The van der Waals surface area contributed by atoms with E-state index in [1.807, 2.05) is 0 Å². The van der Waals surface area contributed by atoms with Crippen LogP contribution in [-0.2, 0) is 11.2 Å². The molecule has 0 spiro atoms. The van der Waals surface area contributed by atoms with E-state index in [2.05, 4.69) is 36.5 Å². The van der Waals surface area contributed by atoms with Crippen molar-refractivity contribution in [3.05, 3.63) is 35.4 Å². The number of carbonyl (C=O) groups is 1. The zero-order valence-electron chi connectivity index (χ0n) is 12.2. The van der Waals surface area contributed by atoms with Crippen LogP contribution < -0.4 is 11.1 Å². The maximum atomic E-state index is 12.1. The van der Waals surface area contributed by atoms with Crippen molar-refractivity contribution in [3.8, 4) is 0 Å². The molecule has 1 fully saturated rings. The third-order valence-corrected chi connectivity index (χ3v) is 4.02. The molecule has 3 nitrogen and oxygen atoms in total. The van der Waals surface area contributed by atoms with Crippen molar-refractivity contribution in [1.29, 1.82) is 0 Å². The van der Waals surface area contributed by atoms with Crippen LogP contribution in [0.4, 0.5) is 0 Å². The first kappa shape index (κ1) is 17.0. The summed E-state index contributed by atoms with van der Waals surface area (Å²) < 4.78 is 0. The summed E-state index contributed by atoms with van der Waals surface area (Å²) in [5, 5.41) is 2.99. The van der Waals surface area contributed by atoms with Gasteiger partial charge in [0.2, 0.25) is 5.91 Å². The third kappa shape index (κ3) is 4.50. The molecular formula is C16H25ClN2O. The number of benzene rings is 1. The molecular weight excluding hydrogens is 272 g/mol. The molecule has 1 aromatic rings. The van der Waals surface area contributed by atoms with Crippen molar-refractivity contribution < 1.29 is 4.79 Å². The largest absolute Gasteiger partial charge is 0.354 e. The molecule has 20 heavy (non-hydrogen) atoms. The fourth-order valence-electron chi connectivity index (χ4n) is 2.66. The summed E-state index contributed by atoms with van der Waals surface area (Å²) in [4.78, 5) is 12.1. The minimum Gasteiger partial charge on any atom is -0.354 e. The molecule has 0 bridgehead atoms. The van der Waals surface area contributed by atoms with E-state index in [4.69, 9.17) is 5.73 Å².